The molecule has 1 unspecified atom stereocenters. The van der Waals surface area contributed by atoms with E-state index in [-0.39, 0.29) is 19.3 Å². The molecular weight excluding hydrogens is 853 g/mol. The lowest BCUT2D eigenvalue weighted by atomic mass is 9.71. The number of ketones is 3. The highest BCUT2D eigenvalue weighted by molar-refractivity contribution is 6.16. The van der Waals surface area contributed by atoms with Crippen LogP contribution in [0.25, 0.3) is 0 Å². The summed E-state index contributed by atoms with van der Waals surface area (Å²) in [6, 6.07) is 0. The normalized spacial score (nSPS) is 12.8. The van der Waals surface area contributed by atoms with Gasteiger partial charge in [0, 0.05) is 19.3 Å². The molecule has 0 saturated heterocycles. The van der Waals surface area contributed by atoms with Crippen molar-refractivity contribution in [3.05, 3.63) is 0 Å². The number of Topliss-reactive ketones (excluding diaryl/α,β-unsaturated/α-hetero) is 3. The van der Waals surface area contributed by atoms with Crippen LogP contribution in [0.2, 0.25) is 0 Å². The summed E-state index contributed by atoms with van der Waals surface area (Å²) >= 11 is 0. The van der Waals surface area contributed by atoms with E-state index in [1.807, 2.05) is 0 Å². The molecule has 0 fully saturated rings. The number of carbonyl (C=O) groups excluding carboxylic acids is 3. The summed E-state index contributed by atoms with van der Waals surface area (Å²) < 4.78 is 0. The van der Waals surface area contributed by atoms with Crippen molar-refractivity contribution in [2.45, 2.75) is 379 Å². The largest absolute Gasteiger partial charge is 0.393 e. The molecule has 0 saturated carbocycles. The SMILES string of the molecule is CCCCCCCCCCCCCCCCCCCC(=O)C(O)(CO)C(O)(C(=O)CCCCCCCCCCCCCCCCCCC)C(=O)CCCCCCCCCCCCCCCCCCC. The van der Waals surface area contributed by atoms with Crippen LogP contribution in [0.15, 0.2) is 0 Å². The number of carbonyl (C=O) groups is 3. The molecule has 6 nitrogen and oxygen atoms in total. The molecule has 6 heteroatoms. The average Bonchev–Trinajstić information content (AvgIpc) is 3.35. The first-order chi connectivity index (χ1) is 33.8. The molecule has 0 aliphatic rings. The zero-order chi connectivity index (χ0) is 50.6. The lowest BCUT2D eigenvalue weighted by Gasteiger charge is -2.39. The molecule has 0 amide bonds. The van der Waals surface area contributed by atoms with Gasteiger partial charge in [0.2, 0.25) is 5.60 Å². The molecule has 0 aliphatic carbocycles. The number of rotatable bonds is 59. The van der Waals surface area contributed by atoms with Gasteiger partial charge in [0.15, 0.2) is 23.0 Å². The second kappa shape index (κ2) is 51.8. The van der Waals surface area contributed by atoms with E-state index in [0.717, 1.165) is 57.8 Å². The topological polar surface area (TPSA) is 112 Å². The van der Waals surface area contributed by atoms with E-state index < -0.39 is 35.2 Å². The molecule has 1 atom stereocenters. The fraction of sp³-hybridized carbons (Fsp3) is 0.952. The third-order valence-corrected chi connectivity index (χ3v) is 15.6. The predicted molar refractivity (Wildman–Crippen MR) is 298 cm³/mol. The summed E-state index contributed by atoms with van der Waals surface area (Å²) in [6.07, 6.45) is 61.6. The molecule has 0 spiro atoms. The molecule has 410 valence electrons. The number of aliphatic hydroxyl groups excluding tert-OH is 1. The molecule has 0 radical (unpaired) electrons. The first-order valence-electron chi connectivity index (χ1n) is 31.4. The molecule has 0 aromatic rings. The zero-order valence-corrected chi connectivity index (χ0v) is 47.0. The van der Waals surface area contributed by atoms with E-state index in [9.17, 15) is 29.7 Å². The maximum Gasteiger partial charge on any atom is 0.219 e. The van der Waals surface area contributed by atoms with Crippen molar-refractivity contribution < 1.29 is 29.7 Å². The van der Waals surface area contributed by atoms with Gasteiger partial charge >= 0.3 is 0 Å². The van der Waals surface area contributed by atoms with Crippen LogP contribution in [-0.4, -0.2) is 50.5 Å². The fourth-order valence-electron chi connectivity index (χ4n) is 10.6. The van der Waals surface area contributed by atoms with E-state index in [1.54, 1.807) is 0 Å². The minimum atomic E-state index is -2.92. The Labute approximate surface area is 430 Å². The molecule has 69 heavy (non-hydrogen) atoms. The Morgan fingerprint density at radius 2 is 0.391 bits per heavy atom. The maximum atomic E-state index is 13.9. The van der Waals surface area contributed by atoms with Crippen LogP contribution in [0, 0.1) is 0 Å². The summed E-state index contributed by atoms with van der Waals surface area (Å²) in [5, 5.41) is 34.3. The van der Waals surface area contributed by atoms with Crippen LogP contribution in [-0.2, 0) is 14.4 Å². The van der Waals surface area contributed by atoms with Gasteiger partial charge in [-0.2, -0.15) is 0 Å². The first kappa shape index (κ1) is 67.9. The molecule has 0 aromatic heterocycles. The summed E-state index contributed by atoms with van der Waals surface area (Å²) in [6.45, 7) is 5.67. The van der Waals surface area contributed by atoms with Crippen molar-refractivity contribution >= 4 is 17.3 Å². The highest BCUT2D eigenvalue weighted by Gasteiger charge is 2.62. The number of hydrogen-bond donors (Lipinski definition) is 3. The summed E-state index contributed by atoms with van der Waals surface area (Å²) in [5.74, 6) is -2.42. The predicted octanol–water partition coefficient (Wildman–Crippen LogP) is 19.3. The number of aliphatic hydroxyl groups is 3. The Morgan fingerprint density at radius 1 is 0.246 bits per heavy atom. The second-order valence-electron chi connectivity index (χ2n) is 22.2. The van der Waals surface area contributed by atoms with Crippen LogP contribution in [0.5, 0.6) is 0 Å². The van der Waals surface area contributed by atoms with Gasteiger partial charge in [-0.25, -0.2) is 0 Å². The quantitative estimate of drug-likeness (QED) is 0.0413. The Balaban J connectivity index is 4.79. The van der Waals surface area contributed by atoms with Crippen molar-refractivity contribution in [2.75, 3.05) is 6.61 Å². The Bertz CT molecular complexity index is 1060. The van der Waals surface area contributed by atoms with E-state index in [0.29, 0.717) is 19.3 Å². The summed E-state index contributed by atoms with van der Waals surface area (Å²) in [7, 11) is 0. The molecule has 0 rings (SSSR count). The van der Waals surface area contributed by atoms with Gasteiger partial charge in [-0.3, -0.25) is 14.4 Å². The van der Waals surface area contributed by atoms with Gasteiger partial charge < -0.3 is 15.3 Å². The van der Waals surface area contributed by atoms with Crippen molar-refractivity contribution in [3.8, 4) is 0 Å². The van der Waals surface area contributed by atoms with Gasteiger partial charge in [0.25, 0.3) is 0 Å². The highest BCUT2D eigenvalue weighted by atomic mass is 16.4. The standard InChI is InChI=1S/C63H122O6/c1-4-7-10-13-16-19-22-25-28-31-34-37-40-43-46-49-52-55-59(65)62(68,58-64)63(69,60(66)56-53-50-47-44-41-38-35-32-29-26-23-20-17-14-11-8-5-2)61(67)57-54-51-48-45-42-39-36-33-30-27-24-21-18-15-12-9-6-3/h64,68-69H,4-58H2,1-3H3. The van der Waals surface area contributed by atoms with Crippen LogP contribution in [0.4, 0.5) is 0 Å². The van der Waals surface area contributed by atoms with Gasteiger partial charge in [-0.1, -0.05) is 329 Å². The minimum Gasteiger partial charge on any atom is -0.393 e. The van der Waals surface area contributed by atoms with Gasteiger partial charge in [0.1, 0.15) is 0 Å². The summed E-state index contributed by atoms with van der Waals surface area (Å²) in [5.41, 5.74) is -5.74. The molecular formula is C63H122O6. The van der Waals surface area contributed by atoms with Crippen molar-refractivity contribution in [1.82, 2.24) is 0 Å². The Hall–Kier alpha value is -1.11. The number of unbranched alkanes of at least 4 members (excludes halogenated alkanes) is 48. The zero-order valence-electron chi connectivity index (χ0n) is 47.0. The average molecular weight is 976 g/mol. The number of hydrogen-bond acceptors (Lipinski definition) is 6. The third-order valence-electron chi connectivity index (χ3n) is 15.6. The van der Waals surface area contributed by atoms with Crippen molar-refractivity contribution in [1.29, 1.82) is 0 Å². The maximum absolute atomic E-state index is 13.9. The lowest BCUT2D eigenvalue weighted by molar-refractivity contribution is -0.194. The molecule has 0 aliphatic heterocycles. The van der Waals surface area contributed by atoms with Crippen molar-refractivity contribution in [2.24, 2.45) is 0 Å². The Kier molecular flexibility index (Phi) is 50.9. The van der Waals surface area contributed by atoms with Gasteiger partial charge in [-0.05, 0) is 19.3 Å². The van der Waals surface area contributed by atoms with Crippen LogP contribution in [0.1, 0.15) is 367 Å². The third kappa shape index (κ3) is 38.2. The van der Waals surface area contributed by atoms with E-state index in [4.69, 9.17) is 0 Å². The van der Waals surface area contributed by atoms with Gasteiger partial charge in [0.05, 0.1) is 6.61 Å². The van der Waals surface area contributed by atoms with Crippen molar-refractivity contribution in [3.63, 3.8) is 0 Å². The van der Waals surface area contributed by atoms with E-state index in [1.165, 1.54) is 250 Å². The molecule has 0 bridgehead atoms. The van der Waals surface area contributed by atoms with Crippen LogP contribution < -0.4 is 0 Å². The smallest absolute Gasteiger partial charge is 0.219 e. The molecule has 0 heterocycles. The van der Waals surface area contributed by atoms with Crippen LogP contribution >= 0.6 is 0 Å². The van der Waals surface area contributed by atoms with E-state index >= 15 is 0 Å². The minimum absolute atomic E-state index is 0.0726. The molecule has 0 aromatic carbocycles. The monoisotopic (exact) mass is 975 g/mol. The van der Waals surface area contributed by atoms with Crippen LogP contribution in [0.3, 0.4) is 0 Å². The second-order valence-corrected chi connectivity index (χ2v) is 22.2. The Morgan fingerprint density at radius 3 is 0.551 bits per heavy atom. The molecule has 3 N–H and O–H groups in total. The lowest BCUT2D eigenvalue weighted by Crippen LogP contribution is -2.69. The van der Waals surface area contributed by atoms with E-state index in [2.05, 4.69) is 20.8 Å². The summed E-state index contributed by atoms with van der Waals surface area (Å²) in [4.78, 5) is 41.5. The highest BCUT2D eigenvalue weighted by Crippen LogP contribution is 2.32. The fourth-order valence-corrected chi connectivity index (χ4v) is 10.6. The van der Waals surface area contributed by atoms with Gasteiger partial charge in [-0.15, -0.1) is 0 Å². The first-order valence-corrected chi connectivity index (χ1v) is 31.4.